The molecule has 0 bridgehead atoms. The van der Waals surface area contributed by atoms with Crippen LogP contribution in [0.2, 0.25) is 0 Å². The summed E-state index contributed by atoms with van der Waals surface area (Å²) in [5.41, 5.74) is 9.43. The van der Waals surface area contributed by atoms with E-state index in [4.69, 9.17) is 15.4 Å². The number of carboxylic acid groups (broad SMARTS) is 1. The fraction of sp³-hybridized carbons (Fsp3) is 0.227. The third-order valence-corrected chi connectivity index (χ3v) is 5.68. The Morgan fingerprint density at radius 2 is 2.03 bits per heavy atom. The minimum atomic E-state index is -4.85. The number of H-pyrrole nitrogens is 1. The molecule has 1 atom stereocenters. The normalized spacial score (nSPS) is 15.7. The molecule has 170 valence electrons. The standard InChI is InChI=1S/C22H17F3N4O4/c23-22(24,25)32-17-6-3-12(8-15(17)26)21-28-20(29-33-21)11-2-5-16-14(7-11)13-4-1-10(9-18(30)31)19(13)27-16/h2-3,5-8,10,27H,1,4,9,26H2,(H,30,31). The molecule has 1 unspecified atom stereocenters. The lowest BCUT2D eigenvalue weighted by molar-refractivity contribution is -0.274. The fourth-order valence-electron chi connectivity index (χ4n) is 4.26. The monoisotopic (exact) mass is 458 g/mol. The summed E-state index contributed by atoms with van der Waals surface area (Å²) in [6, 6.07) is 9.30. The van der Waals surface area contributed by atoms with E-state index in [2.05, 4.69) is 19.9 Å². The summed E-state index contributed by atoms with van der Waals surface area (Å²) in [6.07, 6.45) is -3.22. The number of aromatic amines is 1. The molecule has 0 saturated heterocycles. The lowest BCUT2D eigenvalue weighted by Crippen LogP contribution is -2.17. The number of anilines is 1. The van der Waals surface area contributed by atoms with Crippen LogP contribution in [0.15, 0.2) is 40.9 Å². The van der Waals surface area contributed by atoms with E-state index in [0.717, 1.165) is 41.1 Å². The molecule has 11 heteroatoms. The zero-order chi connectivity index (χ0) is 23.3. The molecular weight excluding hydrogens is 441 g/mol. The highest BCUT2D eigenvalue weighted by molar-refractivity contribution is 5.89. The zero-order valence-corrected chi connectivity index (χ0v) is 16.9. The first-order chi connectivity index (χ1) is 15.7. The maximum atomic E-state index is 12.4. The molecule has 1 aliphatic rings. The molecular formula is C22H17F3N4O4. The molecule has 4 N–H and O–H groups in total. The van der Waals surface area contributed by atoms with Gasteiger partial charge in [-0.1, -0.05) is 5.16 Å². The largest absolute Gasteiger partial charge is 0.573 e. The highest BCUT2D eigenvalue weighted by atomic mass is 19.4. The van der Waals surface area contributed by atoms with E-state index in [-0.39, 0.29) is 23.9 Å². The molecule has 4 aromatic rings. The van der Waals surface area contributed by atoms with Crippen molar-refractivity contribution >= 4 is 22.6 Å². The van der Waals surface area contributed by atoms with E-state index in [9.17, 15) is 18.0 Å². The van der Waals surface area contributed by atoms with Crippen LogP contribution in [0.25, 0.3) is 33.7 Å². The molecule has 5 rings (SSSR count). The van der Waals surface area contributed by atoms with Gasteiger partial charge in [0.25, 0.3) is 5.89 Å². The van der Waals surface area contributed by atoms with Crippen LogP contribution in [0.1, 0.15) is 30.0 Å². The van der Waals surface area contributed by atoms with E-state index in [0.29, 0.717) is 17.0 Å². The highest BCUT2D eigenvalue weighted by Crippen LogP contribution is 2.40. The van der Waals surface area contributed by atoms with Gasteiger partial charge in [0, 0.05) is 33.6 Å². The molecule has 33 heavy (non-hydrogen) atoms. The lowest BCUT2D eigenvalue weighted by Gasteiger charge is -2.11. The number of aromatic nitrogens is 3. The van der Waals surface area contributed by atoms with Crippen molar-refractivity contribution in [3.63, 3.8) is 0 Å². The number of benzene rings is 2. The first-order valence-corrected chi connectivity index (χ1v) is 10.0. The predicted molar refractivity (Wildman–Crippen MR) is 111 cm³/mol. The van der Waals surface area contributed by atoms with Gasteiger partial charge in [-0.2, -0.15) is 4.98 Å². The molecule has 0 amide bonds. The Kier molecular flexibility index (Phi) is 4.76. The molecule has 0 saturated carbocycles. The second-order valence-electron chi connectivity index (χ2n) is 7.83. The lowest BCUT2D eigenvalue weighted by atomic mass is 10.0. The van der Waals surface area contributed by atoms with Gasteiger partial charge in [0.2, 0.25) is 5.82 Å². The molecule has 2 aromatic heterocycles. The molecule has 0 aliphatic heterocycles. The number of carboxylic acids is 1. The van der Waals surface area contributed by atoms with Crippen LogP contribution in [-0.4, -0.2) is 32.6 Å². The zero-order valence-electron chi connectivity index (χ0n) is 16.9. The van der Waals surface area contributed by atoms with Gasteiger partial charge in [-0.25, -0.2) is 0 Å². The number of hydrogen-bond donors (Lipinski definition) is 3. The van der Waals surface area contributed by atoms with E-state index in [1.54, 1.807) is 0 Å². The number of aryl methyl sites for hydroxylation is 1. The van der Waals surface area contributed by atoms with Crippen LogP contribution < -0.4 is 10.5 Å². The van der Waals surface area contributed by atoms with Crippen molar-refractivity contribution in [1.29, 1.82) is 0 Å². The highest BCUT2D eigenvalue weighted by Gasteiger charge is 2.32. The van der Waals surface area contributed by atoms with Crippen LogP contribution in [-0.2, 0) is 11.2 Å². The molecule has 0 spiro atoms. The second kappa shape index (κ2) is 7.54. The summed E-state index contributed by atoms with van der Waals surface area (Å²) in [5, 5.41) is 14.1. The molecule has 0 radical (unpaired) electrons. The van der Waals surface area contributed by atoms with E-state index in [1.807, 2.05) is 18.2 Å². The molecule has 8 nitrogen and oxygen atoms in total. The number of nitrogens with two attached hydrogens (primary N) is 1. The second-order valence-corrected chi connectivity index (χ2v) is 7.83. The molecule has 2 aromatic carbocycles. The predicted octanol–water partition coefficient (Wildman–Crippen LogP) is 4.87. The van der Waals surface area contributed by atoms with Crippen molar-refractivity contribution in [2.45, 2.75) is 31.5 Å². The number of nitrogen functional groups attached to an aromatic ring is 1. The van der Waals surface area contributed by atoms with Gasteiger partial charge < -0.3 is 25.1 Å². The summed E-state index contributed by atoms with van der Waals surface area (Å²) in [4.78, 5) is 18.8. The number of ether oxygens (including phenoxy) is 1. The smallest absolute Gasteiger partial charge is 0.481 e. The number of hydrogen-bond acceptors (Lipinski definition) is 6. The van der Waals surface area contributed by atoms with Gasteiger partial charge >= 0.3 is 12.3 Å². The molecule has 1 aliphatic carbocycles. The third-order valence-electron chi connectivity index (χ3n) is 5.68. The van der Waals surface area contributed by atoms with Crippen molar-refractivity contribution in [3.8, 4) is 28.6 Å². The third kappa shape index (κ3) is 3.97. The number of alkyl halides is 3. The van der Waals surface area contributed by atoms with Crippen molar-refractivity contribution in [2.75, 3.05) is 5.73 Å². The summed E-state index contributed by atoms with van der Waals surface area (Å²) in [7, 11) is 0. The number of halogens is 3. The molecule has 2 heterocycles. The van der Waals surface area contributed by atoms with Crippen molar-refractivity contribution < 1.29 is 32.3 Å². The van der Waals surface area contributed by atoms with Crippen LogP contribution >= 0.6 is 0 Å². The summed E-state index contributed by atoms with van der Waals surface area (Å²) < 4.78 is 46.5. The number of nitrogens with one attached hydrogen (secondary N) is 1. The summed E-state index contributed by atoms with van der Waals surface area (Å²) in [6.45, 7) is 0. The van der Waals surface area contributed by atoms with Crippen molar-refractivity contribution in [1.82, 2.24) is 15.1 Å². The van der Waals surface area contributed by atoms with E-state index >= 15 is 0 Å². The van der Waals surface area contributed by atoms with Crippen molar-refractivity contribution in [2.24, 2.45) is 0 Å². The first-order valence-electron chi connectivity index (χ1n) is 10.0. The summed E-state index contributed by atoms with van der Waals surface area (Å²) in [5.74, 6) is -0.990. The number of aliphatic carboxylic acids is 1. The molecule has 0 fully saturated rings. The number of rotatable bonds is 5. The number of fused-ring (bicyclic) bond motifs is 3. The van der Waals surface area contributed by atoms with Crippen LogP contribution in [0, 0.1) is 0 Å². The van der Waals surface area contributed by atoms with Gasteiger partial charge in [-0.3, -0.25) is 4.79 Å². The van der Waals surface area contributed by atoms with Gasteiger partial charge in [0.05, 0.1) is 12.1 Å². The quantitative estimate of drug-likeness (QED) is 0.364. The van der Waals surface area contributed by atoms with Gasteiger partial charge in [-0.05, 0) is 54.8 Å². The minimum absolute atomic E-state index is 0.0418. The average Bonchev–Trinajstić information content (AvgIpc) is 3.44. The van der Waals surface area contributed by atoms with E-state index < -0.39 is 18.1 Å². The maximum Gasteiger partial charge on any atom is 0.573 e. The Bertz CT molecular complexity index is 1380. The topological polar surface area (TPSA) is 127 Å². The van der Waals surface area contributed by atoms with Crippen LogP contribution in [0.3, 0.4) is 0 Å². The summed E-state index contributed by atoms with van der Waals surface area (Å²) >= 11 is 0. The Balaban J connectivity index is 1.44. The number of carbonyl (C=O) groups is 1. The average molecular weight is 458 g/mol. The van der Waals surface area contributed by atoms with E-state index in [1.165, 1.54) is 12.1 Å². The Morgan fingerprint density at radius 1 is 1.24 bits per heavy atom. The Labute approximate surface area is 184 Å². The Hall–Kier alpha value is -4.02. The first kappa shape index (κ1) is 20.9. The van der Waals surface area contributed by atoms with Gasteiger partial charge in [0.1, 0.15) is 0 Å². The van der Waals surface area contributed by atoms with Crippen LogP contribution in [0.4, 0.5) is 18.9 Å². The van der Waals surface area contributed by atoms with Crippen molar-refractivity contribution in [3.05, 3.63) is 47.7 Å². The van der Waals surface area contributed by atoms with Gasteiger partial charge in [0.15, 0.2) is 5.75 Å². The number of nitrogens with zero attached hydrogens (tertiary/aromatic N) is 2. The maximum absolute atomic E-state index is 12.4. The Morgan fingerprint density at radius 3 is 2.76 bits per heavy atom. The SMILES string of the molecule is Nc1cc(-c2nc(-c3ccc4[nH]c5c(c4c3)CCC5CC(=O)O)no2)ccc1OC(F)(F)F. The fourth-order valence-corrected chi connectivity index (χ4v) is 4.26. The minimum Gasteiger partial charge on any atom is -0.481 e. The van der Waals surface area contributed by atoms with Crippen LogP contribution in [0.5, 0.6) is 5.75 Å². The van der Waals surface area contributed by atoms with Gasteiger partial charge in [-0.15, -0.1) is 13.2 Å².